The predicted octanol–water partition coefficient (Wildman–Crippen LogP) is 2.72. The minimum Gasteiger partial charge on any atom is -0.493 e. The predicted molar refractivity (Wildman–Crippen MR) is 93.7 cm³/mol. The summed E-state index contributed by atoms with van der Waals surface area (Å²) in [5, 5.41) is 0. The summed E-state index contributed by atoms with van der Waals surface area (Å²) in [5.41, 5.74) is 6.51. The van der Waals surface area contributed by atoms with Crippen LogP contribution in [0, 0.1) is 5.92 Å². The average molecular weight is 343 g/mol. The van der Waals surface area contributed by atoms with Crippen molar-refractivity contribution in [2.45, 2.75) is 32.7 Å². The van der Waals surface area contributed by atoms with Crippen molar-refractivity contribution in [3.8, 4) is 11.5 Å². The number of nitrogens with zero attached hydrogens (tertiary/aromatic N) is 1. The van der Waals surface area contributed by atoms with Gasteiger partial charge in [-0.3, -0.25) is 4.79 Å². The molecule has 0 aromatic heterocycles. The van der Waals surface area contributed by atoms with E-state index in [1.54, 1.807) is 19.2 Å². The van der Waals surface area contributed by atoms with E-state index in [2.05, 4.69) is 13.8 Å². The van der Waals surface area contributed by atoms with E-state index in [9.17, 15) is 4.79 Å². The number of ether oxygens (including phenoxy) is 2. The zero-order valence-corrected chi connectivity index (χ0v) is 14.9. The van der Waals surface area contributed by atoms with E-state index >= 15 is 0 Å². The summed E-state index contributed by atoms with van der Waals surface area (Å²) in [4.78, 5) is 14.4. The van der Waals surface area contributed by atoms with Gasteiger partial charge in [0.1, 0.15) is 0 Å². The van der Waals surface area contributed by atoms with Gasteiger partial charge in [-0.25, -0.2) is 0 Å². The van der Waals surface area contributed by atoms with Gasteiger partial charge in [0.15, 0.2) is 11.5 Å². The molecule has 1 amide bonds. The van der Waals surface area contributed by atoms with E-state index in [4.69, 9.17) is 15.2 Å². The van der Waals surface area contributed by atoms with Crippen molar-refractivity contribution < 1.29 is 14.3 Å². The molecule has 0 saturated carbocycles. The van der Waals surface area contributed by atoms with Gasteiger partial charge in [0.25, 0.3) is 5.91 Å². The molecule has 0 atom stereocenters. The van der Waals surface area contributed by atoms with Crippen LogP contribution in [0.3, 0.4) is 0 Å². The van der Waals surface area contributed by atoms with Crippen molar-refractivity contribution in [1.82, 2.24) is 4.90 Å². The number of hydrogen-bond donors (Lipinski definition) is 1. The third-order valence-electron chi connectivity index (χ3n) is 3.81. The van der Waals surface area contributed by atoms with Gasteiger partial charge in [0.2, 0.25) is 0 Å². The highest BCUT2D eigenvalue weighted by Crippen LogP contribution is 2.29. The molecule has 1 heterocycles. The van der Waals surface area contributed by atoms with Crippen LogP contribution in [-0.2, 0) is 0 Å². The summed E-state index contributed by atoms with van der Waals surface area (Å²) in [6.45, 7) is 6.23. The number of nitrogens with two attached hydrogens (primary N) is 1. The fourth-order valence-corrected chi connectivity index (χ4v) is 2.46. The number of hydrogen-bond acceptors (Lipinski definition) is 4. The fourth-order valence-electron chi connectivity index (χ4n) is 2.46. The molecule has 2 N–H and O–H groups in total. The number of carbonyl (C=O) groups excluding carboxylic acids is 1. The van der Waals surface area contributed by atoms with Crippen LogP contribution >= 0.6 is 12.4 Å². The Balaban J connectivity index is 0.00000264. The third kappa shape index (κ3) is 5.29. The van der Waals surface area contributed by atoms with Gasteiger partial charge in [0.05, 0.1) is 13.7 Å². The number of halogens is 1. The first-order valence-electron chi connectivity index (χ1n) is 7.87. The van der Waals surface area contributed by atoms with Gasteiger partial charge in [0, 0.05) is 24.7 Å². The largest absolute Gasteiger partial charge is 0.493 e. The first-order valence-corrected chi connectivity index (χ1v) is 7.87. The molecule has 0 spiro atoms. The van der Waals surface area contributed by atoms with Crippen molar-refractivity contribution in [2.75, 3.05) is 26.8 Å². The molecule has 1 saturated heterocycles. The maximum absolute atomic E-state index is 12.5. The monoisotopic (exact) mass is 342 g/mol. The van der Waals surface area contributed by atoms with Crippen LogP contribution in [0.4, 0.5) is 0 Å². The first kappa shape index (κ1) is 19.6. The molecule has 1 aliphatic rings. The summed E-state index contributed by atoms with van der Waals surface area (Å²) in [5.74, 6) is 1.73. The molecule has 1 aliphatic heterocycles. The Morgan fingerprint density at radius 3 is 2.52 bits per heavy atom. The van der Waals surface area contributed by atoms with E-state index in [0.29, 0.717) is 42.7 Å². The third-order valence-corrected chi connectivity index (χ3v) is 3.81. The molecular formula is C17H27ClN2O3. The number of piperidine rings is 1. The zero-order valence-electron chi connectivity index (χ0n) is 14.1. The molecule has 23 heavy (non-hydrogen) atoms. The van der Waals surface area contributed by atoms with Gasteiger partial charge >= 0.3 is 0 Å². The van der Waals surface area contributed by atoms with Crippen molar-refractivity contribution in [1.29, 1.82) is 0 Å². The lowest BCUT2D eigenvalue weighted by Gasteiger charge is -2.30. The molecule has 5 nitrogen and oxygen atoms in total. The van der Waals surface area contributed by atoms with Crippen molar-refractivity contribution in [3.05, 3.63) is 23.8 Å². The van der Waals surface area contributed by atoms with Crippen LogP contribution in [0.5, 0.6) is 11.5 Å². The van der Waals surface area contributed by atoms with Crippen LogP contribution in [-0.4, -0.2) is 43.7 Å². The lowest BCUT2D eigenvalue weighted by atomic mass is 10.0. The van der Waals surface area contributed by atoms with Crippen LogP contribution in [0.1, 0.15) is 37.0 Å². The molecule has 6 heteroatoms. The number of rotatable bonds is 5. The van der Waals surface area contributed by atoms with E-state index < -0.39 is 0 Å². The summed E-state index contributed by atoms with van der Waals surface area (Å²) < 4.78 is 11.1. The Kier molecular flexibility index (Phi) is 7.65. The van der Waals surface area contributed by atoms with E-state index in [1.807, 2.05) is 11.0 Å². The van der Waals surface area contributed by atoms with E-state index in [1.165, 1.54) is 0 Å². The second-order valence-corrected chi connectivity index (χ2v) is 6.20. The molecule has 1 aromatic rings. The lowest BCUT2D eigenvalue weighted by Crippen LogP contribution is -2.42. The van der Waals surface area contributed by atoms with Gasteiger partial charge in [-0.2, -0.15) is 0 Å². The number of likely N-dealkylation sites (tertiary alicyclic amines) is 1. The molecule has 0 bridgehead atoms. The minimum atomic E-state index is 0. The normalized spacial score (nSPS) is 15.3. The Morgan fingerprint density at radius 1 is 1.30 bits per heavy atom. The fraction of sp³-hybridized carbons (Fsp3) is 0.588. The summed E-state index contributed by atoms with van der Waals surface area (Å²) in [7, 11) is 1.59. The molecule has 1 aromatic carbocycles. The van der Waals surface area contributed by atoms with E-state index in [0.717, 1.165) is 12.8 Å². The standard InChI is InChI=1S/C17H26N2O3.ClH/c1-12(2)11-22-15-5-4-13(10-16(15)21-3)17(20)19-8-6-14(18)7-9-19;/h4-5,10,12,14H,6-9,11,18H2,1-3H3;1H. The van der Waals surface area contributed by atoms with Crippen LogP contribution in [0.25, 0.3) is 0 Å². The Morgan fingerprint density at radius 2 is 1.96 bits per heavy atom. The van der Waals surface area contributed by atoms with Crippen molar-refractivity contribution in [2.24, 2.45) is 11.7 Å². The summed E-state index contributed by atoms with van der Waals surface area (Å²) in [6, 6.07) is 5.58. The highest BCUT2D eigenvalue weighted by molar-refractivity contribution is 5.95. The van der Waals surface area contributed by atoms with Gasteiger partial charge < -0.3 is 20.1 Å². The molecule has 2 rings (SSSR count). The van der Waals surface area contributed by atoms with E-state index in [-0.39, 0.29) is 24.4 Å². The molecule has 0 unspecified atom stereocenters. The number of carbonyl (C=O) groups is 1. The number of amides is 1. The van der Waals surface area contributed by atoms with Crippen LogP contribution < -0.4 is 15.2 Å². The second kappa shape index (κ2) is 8.99. The Bertz CT molecular complexity index is 515. The SMILES string of the molecule is COc1cc(C(=O)N2CCC(N)CC2)ccc1OCC(C)C.Cl. The first-order chi connectivity index (χ1) is 10.5. The zero-order chi connectivity index (χ0) is 16.1. The number of benzene rings is 1. The molecular weight excluding hydrogens is 316 g/mol. The minimum absolute atomic E-state index is 0. The highest BCUT2D eigenvalue weighted by Gasteiger charge is 2.22. The van der Waals surface area contributed by atoms with Gasteiger partial charge in [-0.15, -0.1) is 12.4 Å². The molecule has 130 valence electrons. The quantitative estimate of drug-likeness (QED) is 0.893. The summed E-state index contributed by atoms with van der Waals surface area (Å²) in [6.07, 6.45) is 1.72. The second-order valence-electron chi connectivity index (χ2n) is 6.20. The van der Waals surface area contributed by atoms with Crippen LogP contribution in [0.2, 0.25) is 0 Å². The highest BCUT2D eigenvalue weighted by atomic mass is 35.5. The van der Waals surface area contributed by atoms with Gasteiger partial charge in [-0.1, -0.05) is 13.8 Å². The molecule has 0 aliphatic carbocycles. The molecule has 0 radical (unpaired) electrons. The van der Waals surface area contributed by atoms with Crippen molar-refractivity contribution >= 4 is 18.3 Å². The van der Waals surface area contributed by atoms with Crippen molar-refractivity contribution in [3.63, 3.8) is 0 Å². The summed E-state index contributed by atoms with van der Waals surface area (Å²) >= 11 is 0. The molecule has 1 fully saturated rings. The topological polar surface area (TPSA) is 64.8 Å². The maximum Gasteiger partial charge on any atom is 0.253 e. The Hall–Kier alpha value is -1.46. The van der Waals surface area contributed by atoms with Crippen LogP contribution in [0.15, 0.2) is 18.2 Å². The van der Waals surface area contributed by atoms with Gasteiger partial charge in [-0.05, 0) is 37.0 Å². The number of methoxy groups -OCH3 is 1. The maximum atomic E-state index is 12.5. The smallest absolute Gasteiger partial charge is 0.253 e. The lowest BCUT2D eigenvalue weighted by molar-refractivity contribution is 0.0714. The Labute approximate surface area is 144 Å². The average Bonchev–Trinajstić information content (AvgIpc) is 2.52.